The van der Waals surface area contributed by atoms with Gasteiger partial charge in [0.05, 0.1) is 0 Å². The SMILES string of the molecule is CNCC(CCCOC)c1cccc(F)c1. The molecule has 0 amide bonds. The highest BCUT2D eigenvalue weighted by molar-refractivity contribution is 5.21. The number of hydrogen-bond acceptors (Lipinski definition) is 2. The van der Waals surface area contributed by atoms with Crippen LogP contribution in [-0.2, 0) is 4.74 Å². The van der Waals surface area contributed by atoms with Gasteiger partial charge in [0.2, 0.25) is 0 Å². The van der Waals surface area contributed by atoms with Crippen molar-refractivity contribution in [3.63, 3.8) is 0 Å². The molecule has 0 aliphatic carbocycles. The van der Waals surface area contributed by atoms with E-state index in [0.717, 1.165) is 31.6 Å². The zero-order valence-electron chi connectivity index (χ0n) is 10.0. The Balaban J connectivity index is 2.61. The van der Waals surface area contributed by atoms with E-state index < -0.39 is 0 Å². The van der Waals surface area contributed by atoms with E-state index in [-0.39, 0.29) is 5.82 Å². The van der Waals surface area contributed by atoms with Gasteiger partial charge < -0.3 is 10.1 Å². The first-order valence-electron chi connectivity index (χ1n) is 5.67. The Bertz CT molecular complexity index is 304. The van der Waals surface area contributed by atoms with E-state index in [4.69, 9.17) is 4.74 Å². The van der Waals surface area contributed by atoms with E-state index in [1.807, 2.05) is 13.1 Å². The van der Waals surface area contributed by atoms with Gasteiger partial charge in [0.15, 0.2) is 0 Å². The molecule has 0 fully saturated rings. The molecule has 0 heterocycles. The van der Waals surface area contributed by atoms with Crippen molar-refractivity contribution in [2.45, 2.75) is 18.8 Å². The Kier molecular flexibility index (Phi) is 6.04. The molecule has 2 nitrogen and oxygen atoms in total. The monoisotopic (exact) mass is 225 g/mol. The van der Waals surface area contributed by atoms with Crippen molar-refractivity contribution < 1.29 is 9.13 Å². The lowest BCUT2D eigenvalue weighted by Gasteiger charge is -2.16. The van der Waals surface area contributed by atoms with E-state index in [1.165, 1.54) is 6.07 Å². The average molecular weight is 225 g/mol. The fourth-order valence-electron chi connectivity index (χ4n) is 1.87. The summed E-state index contributed by atoms with van der Waals surface area (Å²) >= 11 is 0. The summed E-state index contributed by atoms with van der Waals surface area (Å²) in [5.41, 5.74) is 1.06. The average Bonchev–Trinajstić information content (AvgIpc) is 2.28. The first-order valence-corrected chi connectivity index (χ1v) is 5.67. The number of rotatable bonds is 7. The molecule has 1 aromatic rings. The Morgan fingerprint density at radius 3 is 2.88 bits per heavy atom. The normalized spacial score (nSPS) is 12.7. The maximum absolute atomic E-state index is 13.1. The molecule has 0 bridgehead atoms. The minimum atomic E-state index is -0.162. The van der Waals surface area contributed by atoms with Crippen molar-refractivity contribution in [3.05, 3.63) is 35.6 Å². The van der Waals surface area contributed by atoms with Crippen LogP contribution in [0.3, 0.4) is 0 Å². The van der Waals surface area contributed by atoms with E-state index in [0.29, 0.717) is 5.92 Å². The van der Waals surface area contributed by atoms with Crippen molar-refractivity contribution in [1.29, 1.82) is 0 Å². The summed E-state index contributed by atoms with van der Waals surface area (Å²) in [4.78, 5) is 0. The molecule has 1 N–H and O–H groups in total. The molecule has 1 atom stereocenters. The number of methoxy groups -OCH3 is 1. The van der Waals surface area contributed by atoms with Gasteiger partial charge in [0.25, 0.3) is 0 Å². The largest absolute Gasteiger partial charge is 0.385 e. The van der Waals surface area contributed by atoms with Gasteiger partial charge in [-0.15, -0.1) is 0 Å². The van der Waals surface area contributed by atoms with Gasteiger partial charge in [-0.3, -0.25) is 0 Å². The lowest BCUT2D eigenvalue weighted by atomic mass is 9.94. The van der Waals surface area contributed by atoms with Gasteiger partial charge in [-0.25, -0.2) is 4.39 Å². The standard InChI is InChI=1S/C13H20FNO/c1-15-10-12(6-4-8-16-2)11-5-3-7-13(14)9-11/h3,5,7,9,12,15H,4,6,8,10H2,1-2H3. The summed E-state index contributed by atoms with van der Waals surface area (Å²) in [6, 6.07) is 6.85. The van der Waals surface area contributed by atoms with Crippen molar-refractivity contribution in [2.24, 2.45) is 0 Å². The first kappa shape index (κ1) is 13.1. The zero-order valence-corrected chi connectivity index (χ0v) is 10.0. The summed E-state index contributed by atoms with van der Waals surface area (Å²) in [7, 11) is 3.62. The molecule has 0 aliphatic rings. The fourth-order valence-corrected chi connectivity index (χ4v) is 1.87. The molecule has 3 heteroatoms. The van der Waals surface area contributed by atoms with Crippen LogP contribution >= 0.6 is 0 Å². The summed E-state index contributed by atoms with van der Waals surface area (Å²) in [5.74, 6) is 0.196. The molecule has 16 heavy (non-hydrogen) atoms. The van der Waals surface area contributed by atoms with Gasteiger partial charge in [-0.2, -0.15) is 0 Å². The third-order valence-corrected chi connectivity index (χ3v) is 2.67. The van der Waals surface area contributed by atoms with Crippen LogP contribution in [0.1, 0.15) is 24.3 Å². The third-order valence-electron chi connectivity index (χ3n) is 2.67. The van der Waals surface area contributed by atoms with E-state index >= 15 is 0 Å². The summed E-state index contributed by atoms with van der Waals surface area (Å²) < 4.78 is 18.1. The topological polar surface area (TPSA) is 21.3 Å². The van der Waals surface area contributed by atoms with E-state index in [1.54, 1.807) is 19.2 Å². The summed E-state index contributed by atoms with van der Waals surface area (Å²) in [5, 5.41) is 3.15. The van der Waals surface area contributed by atoms with Gasteiger partial charge in [0, 0.05) is 20.3 Å². The van der Waals surface area contributed by atoms with Gasteiger partial charge in [-0.1, -0.05) is 12.1 Å². The predicted octanol–water partition coefficient (Wildman–Crippen LogP) is 2.56. The Morgan fingerprint density at radius 2 is 2.25 bits per heavy atom. The molecule has 0 aliphatic heterocycles. The maximum atomic E-state index is 13.1. The Morgan fingerprint density at radius 1 is 1.44 bits per heavy atom. The summed E-state index contributed by atoms with van der Waals surface area (Å²) in [6.07, 6.45) is 2.01. The number of likely N-dealkylation sites (N-methyl/N-ethyl adjacent to an activating group) is 1. The van der Waals surface area contributed by atoms with Crippen molar-refractivity contribution >= 4 is 0 Å². The number of hydrogen-bond donors (Lipinski definition) is 1. The number of benzene rings is 1. The molecule has 0 saturated heterocycles. The smallest absolute Gasteiger partial charge is 0.123 e. The van der Waals surface area contributed by atoms with Crippen LogP contribution in [-0.4, -0.2) is 27.3 Å². The van der Waals surface area contributed by atoms with Crippen LogP contribution in [0, 0.1) is 5.82 Å². The molecule has 90 valence electrons. The molecule has 0 saturated carbocycles. The molecular formula is C13H20FNO. The van der Waals surface area contributed by atoms with Crippen LogP contribution < -0.4 is 5.32 Å². The van der Waals surface area contributed by atoms with Crippen molar-refractivity contribution in [3.8, 4) is 0 Å². The molecule has 1 aromatic carbocycles. The van der Waals surface area contributed by atoms with Gasteiger partial charge in [0.1, 0.15) is 5.82 Å². The highest BCUT2D eigenvalue weighted by Gasteiger charge is 2.10. The zero-order chi connectivity index (χ0) is 11.8. The van der Waals surface area contributed by atoms with Crippen LogP contribution in [0.4, 0.5) is 4.39 Å². The Labute approximate surface area is 96.8 Å². The quantitative estimate of drug-likeness (QED) is 0.720. The van der Waals surface area contributed by atoms with Gasteiger partial charge in [-0.05, 0) is 43.5 Å². The molecule has 0 aromatic heterocycles. The molecular weight excluding hydrogens is 205 g/mol. The fraction of sp³-hybridized carbons (Fsp3) is 0.538. The molecule has 0 spiro atoms. The minimum Gasteiger partial charge on any atom is -0.385 e. The number of halogens is 1. The summed E-state index contributed by atoms with van der Waals surface area (Å²) in [6.45, 7) is 1.63. The first-order chi connectivity index (χ1) is 7.77. The van der Waals surface area contributed by atoms with Crippen LogP contribution in [0.5, 0.6) is 0 Å². The predicted molar refractivity (Wildman–Crippen MR) is 64.2 cm³/mol. The van der Waals surface area contributed by atoms with Crippen LogP contribution in [0.2, 0.25) is 0 Å². The van der Waals surface area contributed by atoms with Crippen LogP contribution in [0.15, 0.2) is 24.3 Å². The van der Waals surface area contributed by atoms with Crippen molar-refractivity contribution in [2.75, 3.05) is 27.3 Å². The van der Waals surface area contributed by atoms with Crippen molar-refractivity contribution in [1.82, 2.24) is 5.32 Å². The molecule has 1 rings (SSSR count). The minimum absolute atomic E-state index is 0.162. The number of ether oxygens (including phenoxy) is 1. The maximum Gasteiger partial charge on any atom is 0.123 e. The second-order valence-corrected chi connectivity index (χ2v) is 3.94. The lowest BCUT2D eigenvalue weighted by Crippen LogP contribution is -2.17. The Hall–Kier alpha value is -0.930. The second-order valence-electron chi connectivity index (χ2n) is 3.94. The van der Waals surface area contributed by atoms with Crippen LogP contribution in [0.25, 0.3) is 0 Å². The second kappa shape index (κ2) is 7.36. The van der Waals surface area contributed by atoms with E-state index in [2.05, 4.69) is 5.32 Å². The van der Waals surface area contributed by atoms with Gasteiger partial charge >= 0.3 is 0 Å². The lowest BCUT2D eigenvalue weighted by molar-refractivity contribution is 0.190. The van der Waals surface area contributed by atoms with E-state index in [9.17, 15) is 4.39 Å². The molecule has 1 unspecified atom stereocenters. The molecule has 0 radical (unpaired) electrons. The highest BCUT2D eigenvalue weighted by atomic mass is 19.1. The third kappa shape index (κ3) is 4.29. The highest BCUT2D eigenvalue weighted by Crippen LogP contribution is 2.21. The number of nitrogens with one attached hydrogen (secondary N) is 1.